The molecule has 0 bridgehead atoms. The first kappa shape index (κ1) is 12.6. The smallest absolute Gasteiger partial charge is 0.316 e. The number of aryl methyl sites for hydroxylation is 1. The van der Waals surface area contributed by atoms with Crippen molar-refractivity contribution >= 4 is 11.6 Å². The van der Waals surface area contributed by atoms with Crippen LogP contribution in [0, 0.1) is 6.92 Å². The Morgan fingerprint density at radius 1 is 1.53 bits per heavy atom. The maximum atomic E-state index is 5.74. The van der Waals surface area contributed by atoms with Crippen LogP contribution in [0.1, 0.15) is 30.5 Å². The summed E-state index contributed by atoms with van der Waals surface area (Å²) in [4.78, 5) is 8.38. The van der Waals surface area contributed by atoms with Gasteiger partial charge in [0, 0.05) is 24.1 Å². The normalized spacial score (nSPS) is 20.2. The second-order valence-electron chi connectivity index (χ2n) is 4.20. The van der Waals surface area contributed by atoms with Gasteiger partial charge in [0.1, 0.15) is 6.61 Å². The molecule has 0 amide bonds. The highest BCUT2D eigenvalue weighted by molar-refractivity contribution is 6.17. The summed E-state index contributed by atoms with van der Waals surface area (Å²) < 4.78 is 11.1. The highest BCUT2D eigenvalue weighted by Gasteiger charge is 2.15. The van der Waals surface area contributed by atoms with Crippen molar-refractivity contribution in [1.82, 2.24) is 9.97 Å². The molecule has 2 rings (SSSR count). The molecule has 0 radical (unpaired) electrons. The van der Waals surface area contributed by atoms with Crippen LogP contribution < -0.4 is 4.74 Å². The molecule has 1 aromatic rings. The zero-order chi connectivity index (χ0) is 12.1. The topological polar surface area (TPSA) is 44.2 Å². The van der Waals surface area contributed by atoms with Crippen LogP contribution in [0.3, 0.4) is 0 Å². The summed E-state index contributed by atoms with van der Waals surface area (Å²) in [5, 5.41) is 0. The predicted octanol–water partition coefficient (Wildman–Crippen LogP) is 2.47. The Bertz CT molecular complexity index is 368. The lowest BCUT2D eigenvalue weighted by Crippen LogP contribution is -2.26. The van der Waals surface area contributed by atoms with Crippen LogP contribution in [0.2, 0.25) is 0 Å². The van der Waals surface area contributed by atoms with Crippen LogP contribution in [-0.2, 0) is 10.6 Å². The molecule has 0 aromatic carbocycles. The first-order valence-corrected chi connectivity index (χ1v) is 6.46. The van der Waals surface area contributed by atoms with E-state index in [1.807, 2.05) is 6.92 Å². The van der Waals surface area contributed by atoms with Crippen molar-refractivity contribution in [1.29, 1.82) is 0 Å². The van der Waals surface area contributed by atoms with E-state index < -0.39 is 0 Å². The summed E-state index contributed by atoms with van der Waals surface area (Å²) in [7, 11) is 0. The van der Waals surface area contributed by atoms with E-state index >= 15 is 0 Å². The molecule has 94 valence electrons. The third-order valence-corrected chi connectivity index (χ3v) is 3.16. The molecule has 1 fully saturated rings. The molecular weight excluding hydrogens is 240 g/mol. The molecule has 1 unspecified atom stereocenters. The molecule has 17 heavy (non-hydrogen) atoms. The second kappa shape index (κ2) is 6.17. The molecule has 0 N–H and O–H groups in total. The molecule has 0 aliphatic carbocycles. The van der Waals surface area contributed by atoms with Gasteiger partial charge in [-0.2, -0.15) is 0 Å². The van der Waals surface area contributed by atoms with Gasteiger partial charge in [-0.1, -0.05) is 0 Å². The summed E-state index contributed by atoms with van der Waals surface area (Å²) in [6.07, 6.45) is 5.31. The Kier molecular flexibility index (Phi) is 4.57. The van der Waals surface area contributed by atoms with Crippen LogP contribution in [0.5, 0.6) is 6.01 Å². The predicted molar refractivity (Wildman–Crippen MR) is 65.4 cm³/mol. The van der Waals surface area contributed by atoms with Gasteiger partial charge >= 0.3 is 6.01 Å². The molecule has 1 atom stereocenters. The fourth-order valence-electron chi connectivity index (χ4n) is 1.78. The van der Waals surface area contributed by atoms with Gasteiger partial charge < -0.3 is 9.47 Å². The van der Waals surface area contributed by atoms with Crippen molar-refractivity contribution < 1.29 is 9.47 Å². The van der Waals surface area contributed by atoms with Crippen LogP contribution in [0.4, 0.5) is 0 Å². The average molecular weight is 257 g/mol. The Hall–Kier alpha value is -0.870. The van der Waals surface area contributed by atoms with E-state index in [9.17, 15) is 0 Å². The minimum atomic E-state index is 0.181. The number of hydrogen-bond donors (Lipinski definition) is 0. The Balaban J connectivity index is 1.87. The molecule has 1 aliphatic rings. The van der Waals surface area contributed by atoms with Gasteiger partial charge in [-0.05, 0) is 26.2 Å². The lowest BCUT2D eigenvalue weighted by molar-refractivity contribution is -0.0129. The van der Waals surface area contributed by atoms with Crippen molar-refractivity contribution in [3.63, 3.8) is 0 Å². The van der Waals surface area contributed by atoms with Gasteiger partial charge in [-0.15, -0.1) is 11.6 Å². The second-order valence-corrected chi connectivity index (χ2v) is 4.46. The van der Waals surface area contributed by atoms with Crippen molar-refractivity contribution in [2.75, 3.05) is 13.2 Å². The van der Waals surface area contributed by atoms with Crippen molar-refractivity contribution in [3.8, 4) is 6.01 Å². The highest BCUT2D eigenvalue weighted by atomic mass is 35.5. The molecule has 4 nitrogen and oxygen atoms in total. The maximum absolute atomic E-state index is 5.74. The molecule has 1 saturated heterocycles. The van der Waals surface area contributed by atoms with Gasteiger partial charge in [-0.25, -0.2) is 9.97 Å². The number of hydrogen-bond acceptors (Lipinski definition) is 4. The first-order chi connectivity index (χ1) is 8.29. The minimum absolute atomic E-state index is 0.181. The van der Waals surface area contributed by atoms with Crippen LogP contribution in [0.25, 0.3) is 0 Å². The third kappa shape index (κ3) is 3.54. The van der Waals surface area contributed by atoms with Gasteiger partial charge in [0.25, 0.3) is 0 Å². The van der Waals surface area contributed by atoms with Gasteiger partial charge in [0.2, 0.25) is 0 Å². The Labute approximate surface area is 106 Å². The minimum Gasteiger partial charge on any atom is -0.461 e. The zero-order valence-electron chi connectivity index (χ0n) is 9.99. The summed E-state index contributed by atoms with van der Waals surface area (Å²) in [5.41, 5.74) is 1.81. The number of alkyl halides is 1. The molecule has 1 aliphatic heterocycles. The van der Waals surface area contributed by atoms with E-state index in [2.05, 4.69) is 9.97 Å². The fourth-order valence-corrected chi connectivity index (χ4v) is 2.04. The van der Waals surface area contributed by atoms with E-state index in [0.717, 1.165) is 30.7 Å². The van der Waals surface area contributed by atoms with E-state index in [0.29, 0.717) is 18.5 Å². The summed E-state index contributed by atoms with van der Waals surface area (Å²) in [6.45, 7) is 3.27. The average Bonchev–Trinajstić information content (AvgIpc) is 2.38. The first-order valence-electron chi connectivity index (χ1n) is 5.92. The van der Waals surface area contributed by atoms with E-state index in [1.54, 1.807) is 6.20 Å². The largest absolute Gasteiger partial charge is 0.461 e. The summed E-state index contributed by atoms with van der Waals surface area (Å²) in [5.74, 6) is 0.428. The lowest BCUT2D eigenvalue weighted by atomic mass is 10.1. The van der Waals surface area contributed by atoms with Crippen molar-refractivity contribution in [3.05, 3.63) is 17.5 Å². The molecule has 5 heteroatoms. The van der Waals surface area contributed by atoms with Gasteiger partial charge in [-0.3, -0.25) is 0 Å². The fraction of sp³-hybridized carbons (Fsp3) is 0.667. The quantitative estimate of drug-likeness (QED) is 0.777. The molecule has 0 saturated carbocycles. The van der Waals surface area contributed by atoms with Gasteiger partial charge in [0.05, 0.1) is 12.0 Å². The zero-order valence-corrected chi connectivity index (χ0v) is 10.7. The monoisotopic (exact) mass is 256 g/mol. The molecule has 2 heterocycles. The van der Waals surface area contributed by atoms with E-state index in [-0.39, 0.29) is 6.10 Å². The van der Waals surface area contributed by atoms with Gasteiger partial charge in [0.15, 0.2) is 0 Å². The maximum Gasteiger partial charge on any atom is 0.316 e. The van der Waals surface area contributed by atoms with Crippen LogP contribution >= 0.6 is 11.6 Å². The Morgan fingerprint density at radius 3 is 3.06 bits per heavy atom. The summed E-state index contributed by atoms with van der Waals surface area (Å²) in [6, 6.07) is 0.408. The number of halogens is 1. The number of aromatic nitrogens is 2. The van der Waals surface area contributed by atoms with Crippen LogP contribution in [-0.4, -0.2) is 29.3 Å². The molecule has 0 spiro atoms. The number of ether oxygens (including phenoxy) is 2. The van der Waals surface area contributed by atoms with Crippen molar-refractivity contribution in [2.45, 2.75) is 38.2 Å². The standard InChI is InChI=1S/C12H17ClN2O2/c1-9-10(6-13)7-14-12(15-9)17-8-11-4-2-3-5-16-11/h7,11H,2-6,8H2,1H3. The van der Waals surface area contributed by atoms with E-state index in [1.165, 1.54) is 6.42 Å². The Morgan fingerprint density at radius 2 is 2.41 bits per heavy atom. The molecular formula is C12H17ClN2O2. The van der Waals surface area contributed by atoms with E-state index in [4.69, 9.17) is 21.1 Å². The number of rotatable bonds is 4. The lowest BCUT2D eigenvalue weighted by Gasteiger charge is -2.22. The third-order valence-electron chi connectivity index (χ3n) is 2.88. The summed E-state index contributed by atoms with van der Waals surface area (Å²) >= 11 is 5.74. The number of nitrogens with zero attached hydrogens (tertiary/aromatic N) is 2. The van der Waals surface area contributed by atoms with Crippen LogP contribution in [0.15, 0.2) is 6.20 Å². The van der Waals surface area contributed by atoms with Crippen molar-refractivity contribution in [2.24, 2.45) is 0 Å². The highest BCUT2D eigenvalue weighted by Crippen LogP contribution is 2.15. The molecule has 1 aromatic heterocycles. The SMILES string of the molecule is Cc1nc(OCC2CCCCO2)ncc1CCl.